The lowest BCUT2D eigenvalue weighted by Gasteiger charge is -2.20. The first-order valence-corrected chi connectivity index (χ1v) is 9.13. The number of amides is 2. The van der Waals surface area contributed by atoms with Crippen molar-refractivity contribution in [3.05, 3.63) is 57.8 Å². The third-order valence-electron chi connectivity index (χ3n) is 4.92. The summed E-state index contributed by atoms with van der Waals surface area (Å²) in [5, 5.41) is 2.78. The molecule has 0 bridgehead atoms. The molecular formula is C20H24N4O3. The first kappa shape index (κ1) is 18.8. The van der Waals surface area contributed by atoms with E-state index in [4.69, 9.17) is 0 Å². The number of carbonyl (C=O) groups is 2. The van der Waals surface area contributed by atoms with Crippen molar-refractivity contribution in [3.8, 4) is 0 Å². The number of hydrogen-bond donors (Lipinski definition) is 1. The maximum absolute atomic E-state index is 12.5. The molecule has 0 spiro atoms. The fourth-order valence-corrected chi connectivity index (χ4v) is 3.24. The van der Waals surface area contributed by atoms with Crippen LogP contribution in [0.15, 0.2) is 35.1 Å². The standard InChI is InChI=1S/C20H24N4O3/c1-14-21-17-11-13-24(12-10-16(17)20(27)23(14)2)19(26)9-8-18(25)22-15-6-4-3-5-7-15/h3-7H,8-13H2,1-2H3,(H,22,25). The molecule has 7 heteroatoms. The molecule has 1 aliphatic rings. The van der Waals surface area contributed by atoms with E-state index in [1.165, 1.54) is 0 Å². The quantitative estimate of drug-likeness (QED) is 0.885. The zero-order valence-corrected chi connectivity index (χ0v) is 15.7. The number of benzene rings is 1. The monoisotopic (exact) mass is 368 g/mol. The Morgan fingerprint density at radius 3 is 2.56 bits per heavy atom. The summed E-state index contributed by atoms with van der Waals surface area (Å²) in [7, 11) is 1.71. The van der Waals surface area contributed by atoms with E-state index in [1.54, 1.807) is 35.6 Å². The van der Waals surface area contributed by atoms with Gasteiger partial charge in [-0.2, -0.15) is 0 Å². The molecule has 0 fully saturated rings. The van der Waals surface area contributed by atoms with Gasteiger partial charge in [0.2, 0.25) is 11.8 Å². The van der Waals surface area contributed by atoms with Crippen molar-refractivity contribution in [2.75, 3.05) is 18.4 Å². The van der Waals surface area contributed by atoms with E-state index in [2.05, 4.69) is 10.3 Å². The summed E-state index contributed by atoms with van der Waals surface area (Å²) < 4.78 is 1.55. The average Bonchev–Trinajstić information content (AvgIpc) is 2.88. The van der Waals surface area contributed by atoms with Gasteiger partial charge in [-0.3, -0.25) is 19.0 Å². The fourth-order valence-electron chi connectivity index (χ4n) is 3.24. The first-order chi connectivity index (χ1) is 13.0. The van der Waals surface area contributed by atoms with Gasteiger partial charge in [-0.25, -0.2) is 4.98 Å². The first-order valence-electron chi connectivity index (χ1n) is 9.13. The van der Waals surface area contributed by atoms with Gasteiger partial charge in [0.15, 0.2) is 0 Å². The number of hydrogen-bond acceptors (Lipinski definition) is 4. The highest BCUT2D eigenvalue weighted by Gasteiger charge is 2.22. The van der Waals surface area contributed by atoms with Gasteiger partial charge >= 0.3 is 0 Å². The fraction of sp³-hybridized carbons (Fsp3) is 0.400. The lowest BCUT2D eigenvalue weighted by atomic mass is 10.1. The molecule has 7 nitrogen and oxygen atoms in total. The summed E-state index contributed by atoms with van der Waals surface area (Å²) in [6.45, 7) is 2.80. The van der Waals surface area contributed by atoms with Crippen molar-refractivity contribution in [1.29, 1.82) is 0 Å². The van der Waals surface area contributed by atoms with Gasteiger partial charge in [0.25, 0.3) is 5.56 Å². The highest BCUT2D eigenvalue weighted by atomic mass is 16.2. The molecule has 0 unspecified atom stereocenters. The summed E-state index contributed by atoms with van der Waals surface area (Å²) >= 11 is 0. The van der Waals surface area contributed by atoms with Crippen LogP contribution in [0.1, 0.15) is 29.9 Å². The average molecular weight is 368 g/mol. The van der Waals surface area contributed by atoms with Gasteiger partial charge in [0.1, 0.15) is 5.82 Å². The van der Waals surface area contributed by atoms with E-state index >= 15 is 0 Å². The Labute approximate surface area is 158 Å². The molecule has 0 saturated carbocycles. The number of nitrogens with zero attached hydrogens (tertiary/aromatic N) is 3. The zero-order chi connectivity index (χ0) is 19.4. The topological polar surface area (TPSA) is 84.3 Å². The summed E-state index contributed by atoms with van der Waals surface area (Å²) in [4.78, 5) is 43.2. The molecule has 1 N–H and O–H groups in total. The molecule has 2 amide bonds. The van der Waals surface area contributed by atoms with Crippen LogP contribution < -0.4 is 10.9 Å². The molecule has 0 atom stereocenters. The SMILES string of the molecule is Cc1nc2c(c(=O)n1C)CCN(C(=O)CCC(=O)Nc1ccccc1)CC2. The third-order valence-corrected chi connectivity index (χ3v) is 4.92. The van der Waals surface area contributed by atoms with Crippen LogP contribution in [0, 0.1) is 6.92 Å². The maximum atomic E-state index is 12.5. The van der Waals surface area contributed by atoms with Gasteiger partial charge in [-0.05, 0) is 25.5 Å². The Morgan fingerprint density at radius 1 is 1.11 bits per heavy atom. The zero-order valence-electron chi connectivity index (χ0n) is 15.7. The molecular weight excluding hydrogens is 344 g/mol. The predicted molar refractivity (Wildman–Crippen MR) is 103 cm³/mol. The van der Waals surface area contributed by atoms with Crippen molar-refractivity contribution in [1.82, 2.24) is 14.5 Å². The van der Waals surface area contributed by atoms with Crippen molar-refractivity contribution in [2.45, 2.75) is 32.6 Å². The molecule has 27 heavy (non-hydrogen) atoms. The van der Waals surface area contributed by atoms with Crippen LogP contribution in [0.3, 0.4) is 0 Å². The molecule has 1 aromatic heterocycles. The number of aromatic nitrogens is 2. The minimum atomic E-state index is -0.182. The van der Waals surface area contributed by atoms with E-state index in [1.807, 2.05) is 18.2 Å². The number of fused-ring (bicyclic) bond motifs is 1. The molecule has 0 saturated heterocycles. The number of aryl methyl sites for hydroxylation is 1. The van der Waals surface area contributed by atoms with Crippen LogP contribution in [-0.2, 0) is 29.5 Å². The second-order valence-electron chi connectivity index (χ2n) is 6.74. The normalized spacial score (nSPS) is 13.6. The smallest absolute Gasteiger partial charge is 0.256 e. The molecule has 142 valence electrons. The molecule has 2 aromatic rings. The molecule has 0 radical (unpaired) electrons. The minimum absolute atomic E-state index is 0.0333. The Balaban J connectivity index is 1.56. The van der Waals surface area contributed by atoms with Crippen LogP contribution in [-0.4, -0.2) is 39.4 Å². The predicted octanol–water partition coefficient (Wildman–Crippen LogP) is 1.43. The third kappa shape index (κ3) is 4.42. The second-order valence-corrected chi connectivity index (χ2v) is 6.74. The van der Waals surface area contributed by atoms with Crippen LogP contribution in [0.5, 0.6) is 0 Å². The number of anilines is 1. The van der Waals surface area contributed by atoms with Crippen molar-refractivity contribution >= 4 is 17.5 Å². The molecule has 2 heterocycles. The highest BCUT2D eigenvalue weighted by molar-refractivity contribution is 5.93. The molecule has 1 aromatic carbocycles. The number of rotatable bonds is 4. The van der Waals surface area contributed by atoms with E-state index < -0.39 is 0 Å². The largest absolute Gasteiger partial charge is 0.342 e. The van der Waals surface area contributed by atoms with E-state index in [-0.39, 0.29) is 30.2 Å². The second kappa shape index (κ2) is 8.16. The maximum Gasteiger partial charge on any atom is 0.256 e. The van der Waals surface area contributed by atoms with Crippen molar-refractivity contribution in [2.24, 2.45) is 7.05 Å². The molecule has 0 aliphatic carbocycles. The summed E-state index contributed by atoms with van der Waals surface area (Å²) in [5.74, 6) is 0.425. The van der Waals surface area contributed by atoms with Crippen LogP contribution in [0.25, 0.3) is 0 Å². The number of nitrogens with one attached hydrogen (secondary N) is 1. The van der Waals surface area contributed by atoms with Crippen LogP contribution >= 0.6 is 0 Å². The van der Waals surface area contributed by atoms with E-state index in [9.17, 15) is 14.4 Å². The Morgan fingerprint density at radius 2 is 1.81 bits per heavy atom. The van der Waals surface area contributed by atoms with Gasteiger partial charge in [-0.15, -0.1) is 0 Å². The van der Waals surface area contributed by atoms with Gasteiger partial charge < -0.3 is 10.2 Å². The summed E-state index contributed by atoms with van der Waals surface area (Å²) in [5.41, 5.74) is 2.17. The highest BCUT2D eigenvalue weighted by Crippen LogP contribution is 2.13. The van der Waals surface area contributed by atoms with Gasteiger partial charge in [0.05, 0.1) is 5.69 Å². The Kier molecular flexibility index (Phi) is 5.69. The van der Waals surface area contributed by atoms with Crippen molar-refractivity contribution < 1.29 is 9.59 Å². The van der Waals surface area contributed by atoms with E-state index in [0.717, 1.165) is 11.4 Å². The lowest BCUT2D eigenvalue weighted by Crippen LogP contribution is -2.34. The number of carbonyl (C=O) groups excluding carboxylic acids is 2. The van der Waals surface area contributed by atoms with Crippen LogP contribution in [0.2, 0.25) is 0 Å². The lowest BCUT2D eigenvalue weighted by molar-refractivity contribution is -0.132. The Hall–Kier alpha value is -2.96. The minimum Gasteiger partial charge on any atom is -0.342 e. The van der Waals surface area contributed by atoms with E-state index in [0.29, 0.717) is 37.3 Å². The summed E-state index contributed by atoms with van der Waals surface area (Å²) in [6, 6.07) is 9.17. The van der Waals surface area contributed by atoms with Gasteiger partial charge in [-0.1, -0.05) is 18.2 Å². The van der Waals surface area contributed by atoms with Crippen LogP contribution in [0.4, 0.5) is 5.69 Å². The molecule has 3 rings (SSSR count). The Bertz CT molecular complexity index is 905. The van der Waals surface area contributed by atoms with Crippen molar-refractivity contribution in [3.63, 3.8) is 0 Å². The summed E-state index contributed by atoms with van der Waals surface area (Å²) in [6.07, 6.45) is 1.35. The van der Waals surface area contributed by atoms with Gasteiger partial charge in [0, 0.05) is 50.7 Å². The molecule has 1 aliphatic heterocycles. The number of para-hydroxylation sites is 1.